The van der Waals surface area contributed by atoms with Gasteiger partial charge in [0.15, 0.2) is 0 Å². The molecule has 1 rings (SSSR count). The molecule has 1 aromatic rings. The van der Waals surface area contributed by atoms with Crippen LogP contribution in [-0.4, -0.2) is 37.5 Å². The highest BCUT2D eigenvalue weighted by Gasteiger charge is 2.17. The first-order valence-corrected chi connectivity index (χ1v) is 5.23. The van der Waals surface area contributed by atoms with Crippen molar-refractivity contribution in [3.8, 4) is 0 Å². The molecule has 0 unspecified atom stereocenters. The second kappa shape index (κ2) is 6.09. The zero-order chi connectivity index (χ0) is 13.7. The third-order valence-electron chi connectivity index (χ3n) is 2.38. The molecule has 0 bridgehead atoms. The summed E-state index contributed by atoms with van der Waals surface area (Å²) in [5.41, 5.74) is -0.359. The van der Waals surface area contributed by atoms with Crippen molar-refractivity contribution < 1.29 is 23.1 Å². The van der Waals surface area contributed by atoms with Crippen molar-refractivity contribution in [1.82, 2.24) is 4.90 Å². The molecular formula is C12H13F2NO3. The van der Waals surface area contributed by atoms with Crippen LogP contribution in [0.1, 0.15) is 16.8 Å². The molecule has 4 nitrogen and oxygen atoms in total. The summed E-state index contributed by atoms with van der Waals surface area (Å²) in [6.45, 7) is 0.0709. The third-order valence-corrected chi connectivity index (χ3v) is 2.38. The van der Waals surface area contributed by atoms with E-state index in [-0.39, 0.29) is 18.5 Å². The predicted molar refractivity (Wildman–Crippen MR) is 60.0 cm³/mol. The second-order valence-corrected chi connectivity index (χ2v) is 3.68. The Bertz CT molecular complexity index is 463. The Hall–Kier alpha value is -1.98. The van der Waals surface area contributed by atoms with Crippen LogP contribution in [0.5, 0.6) is 0 Å². The molecule has 0 heterocycles. The SMILES string of the molecule is COC(=O)CCN(C)C(=O)c1cc(F)ccc1F. The summed E-state index contributed by atoms with van der Waals surface area (Å²) in [5, 5.41) is 0. The minimum Gasteiger partial charge on any atom is -0.469 e. The van der Waals surface area contributed by atoms with E-state index in [1.807, 2.05) is 0 Å². The highest BCUT2D eigenvalue weighted by molar-refractivity contribution is 5.94. The summed E-state index contributed by atoms with van der Waals surface area (Å²) in [7, 11) is 2.63. The number of ether oxygens (including phenoxy) is 1. The van der Waals surface area contributed by atoms with E-state index < -0.39 is 23.5 Å². The fourth-order valence-electron chi connectivity index (χ4n) is 1.33. The third kappa shape index (κ3) is 3.51. The number of hydrogen-bond donors (Lipinski definition) is 0. The van der Waals surface area contributed by atoms with E-state index in [2.05, 4.69) is 4.74 Å². The van der Waals surface area contributed by atoms with Crippen molar-refractivity contribution in [3.63, 3.8) is 0 Å². The lowest BCUT2D eigenvalue weighted by Crippen LogP contribution is -2.30. The molecule has 18 heavy (non-hydrogen) atoms. The van der Waals surface area contributed by atoms with E-state index in [9.17, 15) is 18.4 Å². The highest BCUT2D eigenvalue weighted by Crippen LogP contribution is 2.12. The van der Waals surface area contributed by atoms with Gasteiger partial charge in [-0.3, -0.25) is 9.59 Å². The summed E-state index contributed by atoms with van der Waals surface area (Å²) in [6, 6.07) is 2.64. The predicted octanol–water partition coefficient (Wildman–Crippen LogP) is 1.60. The molecule has 0 saturated carbocycles. The zero-order valence-corrected chi connectivity index (χ0v) is 10.1. The molecule has 0 aliphatic carbocycles. The molecule has 0 radical (unpaired) electrons. The number of carbonyl (C=O) groups is 2. The van der Waals surface area contributed by atoms with Crippen LogP contribution in [0, 0.1) is 11.6 Å². The summed E-state index contributed by atoms with van der Waals surface area (Å²) in [4.78, 5) is 23.8. The van der Waals surface area contributed by atoms with Gasteiger partial charge in [0.05, 0.1) is 19.1 Å². The lowest BCUT2D eigenvalue weighted by atomic mass is 10.2. The average Bonchev–Trinajstić information content (AvgIpc) is 2.37. The molecule has 6 heteroatoms. The van der Waals surface area contributed by atoms with Gasteiger partial charge >= 0.3 is 5.97 Å². The number of carbonyl (C=O) groups excluding carboxylic acids is 2. The Balaban J connectivity index is 2.74. The Labute approximate surface area is 103 Å². The van der Waals surface area contributed by atoms with Gasteiger partial charge in [-0.1, -0.05) is 0 Å². The molecule has 0 N–H and O–H groups in total. The van der Waals surface area contributed by atoms with Gasteiger partial charge in [-0.25, -0.2) is 8.78 Å². The minimum atomic E-state index is -0.800. The van der Waals surface area contributed by atoms with Crippen LogP contribution in [0.3, 0.4) is 0 Å². The lowest BCUT2D eigenvalue weighted by Gasteiger charge is -2.16. The summed E-state index contributed by atoms with van der Waals surface area (Å²) >= 11 is 0. The number of halogens is 2. The van der Waals surface area contributed by atoms with Gasteiger partial charge in [-0.05, 0) is 18.2 Å². The van der Waals surface area contributed by atoms with Crippen LogP contribution < -0.4 is 0 Å². The Morgan fingerprint density at radius 3 is 2.61 bits per heavy atom. The highest BCUT2D eigenvalue weighted by atomic mass is 19.1. The molecule has 0 aromatic heterocycles. The standard InChI is InChI=1S/C12H13F2NO3/c1-15(6-5-11(16)18-2)12(17)9-7-8(13)3-4-10(9)14/h3-4,7H,5-6H2,1-2H3. The van der Waals surface area contributed by atoms with E-state index in [1.54, 1.807) is 0 Å². The molecular weight excluding hydrogens is 244 g/mol. The van der Waals surface area contributed by atoms with Crippen LogP contribution in [-0.2, 0) is 9.53 Å². The van der Waals surface area contributed by atoms with E-state index in [1.165, 1.54) is 14.2 Å². The van der Waals surface area contributed by atoms with Gasteiger partial charge in [0.25, 0.3) is 5.91 Å². The number of esters is 1. The van der Waals surface area contributed by atoms with Crippen molar-refractivity contribution in [3.05, 3.63) is 35.4 Å². The fourth-order valence-corrected chi connectivity index (χ4v) is 1.33. The van der Waals surface area contributed by atoms with Gasteiger partial charge < -0.3 is 9.64 Å². The van der Waals surface area contributed by atoms with Gasteiger partial charge in [0.2, 0.25) is 0 Å². The largest absolute Gasteiger partial charge is 0.469 e. The fraction of sp³-hybridized carbons (Fsp3) is 0.333. The minimum absolute atomic E-state index is 0.00429. The van der Waals surface area contributed by atoms with E-state index in [0.717, 1.165) is 23.1 Å². The maximum absolute atomic E-state index is 13.3. The smallest absolute Gasteiger partial charge is 0.307 e. The molecule has 1 aromatic carbocycles. The summed E-state index contributed by atoms with van der Waals surface area (Å²) in [5.74, 6) is -2.65. The normalized spacial score (nSPS) is 10.0. The molecule has 0 aliphatic heterocycles. The van der Waals surface area contributed by atoms with E-state index in [4.69, 9.17) is 0 Å². The van der Waals surface area contributed by atoms with Crippen molar-refractivity contribution in [2.45, 2.75) is 6.42 Å². The topological polar surface area (TPSA) is 46.6 Å². The van der Waals surface area contributed by atoms with Crippen LogP contribution in [0.4, 0.5) is 8.78 Å². The molecule has 1 amide bonds. The number of hydrogen-bond acceptors (Lipinski definition) is 3. The Kier molecular flexibility index (Phi) is 4.76. The molecule has 0 spiro atoms. The van der Waals surface area contributed by atoms with Crippen LogP contribution in [0.25, 0.3) is 0 Å². The maximum atomic E-state index is 13.3. The molecule has 0 atom stereocenters. The Morgan fingerprint density at radius 1 is 1.33 bits per heavy atom. The van der Waals surface area contributed by atoms with Crippen molar-refractivity contribution in [2.75, 3.05) is 20.7 Å². The molecule has 0 aliphatic rings. The van der Waals surface area contributed by atoms with Gasteiger partial charge in [-0.2, -0.15) is 0 Å². The number of methoxy groups -OCH3 is 1. The number of benzene rings is 1. The number of rotatable bonds is 4. The first-order valence-electron chi connectivity index (χ1n) is 5.23. The van der Waals surface area contributed by atoms with Crippen molar-refractivity contribution in [1.29, 1.82) is 0 Å². The van der Waals surface area contributed by atoms with Gasteiger partial charge in [0.1, 0.15) is 11.6 Å². The summed E-state index contributed by atoms with van der Waals surface area (Å²) in [6.07, 6.45) is -0.00429. The van der Waals surface area contributed by atoms with Crippen LogP contribution in [0.2, 0.25) is 0 Å². The van der Waals surface area contributed by atoms with Gasteiger partial charge in [0, 0.05) is 13.6 Å². The first-order chi connectivity index (χ1) is 8.45. The molecule has 0 fully saturated rings. The number of nitrogens with zero attached hydrogens (tertiary/aromatic N) is 1. The first kappa shape index (κ1) is 14.1. The van der Waals surface area contributed by atoms with Crippen LogP contribution >= 0.6 is 0 Å². The lowest BCUT2D eigenvalue weighted by molar-refractivity contribution is -0.140. The quantitative estimate of drug-likeness (QED) is 0.770. The number of amides is 1. The van der Waals surface area contributed by atoms with E-state index in [0.29, 0.717) is 0 Å². The van der Waals surface area contributed by atoms with Crippen LogP contribution in [0.15, 0.2) is 18.2 Å². The molecule has 98 valence electrons. The summed E-state index contributed by atoms with van der Waals surface area (Å²) < 4.78 is 30.7. The van der Waals surface area contributed by atoms with Gasteiger partial charge in [-0.15, -0.1) is 0 Å². The second-order valence-electron chi connectivity index (χ2n) is 3.68. The van der Waals surface area contributed by atoms with Crippen molar-refractivity contribution in [2.24, 2.45) is 0 Å². The monoisotopic (exact) mass is 257 g/mol. The van der Waals surface area contributed by atoms with E-state index >= 15 is 0 Å². The maximum Gasteiger partial charge on any atom is 0.307 e. The molecule has 0 saturated heterocycles. The zero-order valence-electron chi connectivity index (χ0n) is 10.1. The van der Waals surface area contributed by atoms with Crippen molar-refractivity contribution >= 4 is 11.9 Å². The average molecular weight is 257 g/mol. The Morgan fingerprint density at radius 2 is 2.00 bits per heavy atom.